The van der Waals surface area contributed by atoms with Gasteiger partial charge >= 0.3 is 0 Å². The third kappa shape index (κ3) is 6.24. The molecule has 1 aliphatic heterocycles. The topological polar surface area (TPSA) is 0 Å². The van der Waals surface area contributed by atoms with Crippen molar-refractivity contribution in [2.75, 3.05) is 0 Å². The molecule has 107 valence electrons. The molecule has 0 aromatic heterocycles. The monoisotopic (exact) mass is 326 g/mol. The minimum absolute atomic E-state index is 0. The first kappa shape index (κ1) is 18.7. The maximum Gasteiger partial charge on any atom is 0 e. The van der Waals surface area contributed by atoms with Crippen molar-refractivity contribution in [3.05, 3.63) is 41.1 Å². The molecule has 1 fully saturated rings. The van der Waals surface area contributed by atoms with E-state index in [-0.39, 0.29) is 16.8 Å². The van der Waals surface area contributed by atoms with Crippen LogP contribution in [0.3, 0.4) is 0 Å². The Morgan fingerprint density at radius 1 is 0.778 bits per heavy atom. The third-order valence-corrected chi connectivity index (χ3v) is 8.06. The van der Waals surface area contributed by atoms with Crippen molar-refractivity contribution in [2.24, 2.45) is 10.8 Å². The molecule has 3 heteroatoms. The second-order valence-corrected chi connectivity index (χ2v) is 9.96. The number of hydrogen-bond donors (Lipinski definition) is 0. The van der Waals surface area contributed by atoms with Crippen LogP contribution in [0.5, 0.6) is 0 Å². The van der Waals surface area contributed by atoms with Crippen molar-refractivity contribution in [3.8, 4) is 0 Å². The summed E-state index contributed by atoms with van der Waals surface area (Å²) in [5.74, 6) is 0. The first-order valence-electron chi connectivity index (χ1n) is 6.17. The zero-order valence-corrected chi connectivity index (χ0v) is 15.3. The summed E-state index contributed by atoms with van der Waals surface area (Å²) in [6.07, 6.45) is 0. The average molecular weight is 326 g/mol. The van der Waals surface area contributed by atoms with Gasteiger partial charge in [-0.05, 0) is 0 Å². The van der Waals surface area contributed by atoms with Gasteiger partial charge in [0.2, 0.25) is 0 Å². The largest absolute Gasteiger partial charge is 0.438 e. The average Bonchev–Trinajstić information content (AvgIpc) is 2.48. The van der Waals surface area contributed by atoms with Crippen LogP contribution in [0, 0.1) is 21.6 Å². The van der Waals surface area contributed by atoms with Crippen LogP contribution in [0.1, 0.15) is 41.5 Å². The van der Waals surface area contributed by atoms with Gasteiger partial charge in [0.05, 0.1) is 0 Å². The molecule has 0 amide bonds. The van der Waals surface area contributed by atoms with E-state index in [1.54, 1.807) is 10.8 Å². The second-order valence-electron chi connectivity index (χ2n) is 6.46. The minimum Gasteiger partial charge on any atom is -0.438 e. The first-order chi connectivity index (χ1) is 7.71. The van der Waals surface area contributed by atoms with E-state index < -0.39 is 0 Å². The maximum atomic E-state index is 2.34. The van der Waals surface area contributed by atoms with Crippen LogP contribution in [0.25, 0.3) is 0 Å². The molecule has 0 nitrogen and oxygen atoms in total. The fraction of sp³-hybridized carbons (Fsp3) is 0.533. The van der Waals surface area contributed by atoms with Gasteiger partial charge in [-0.25, -0.2) is 12.1 Å². The van der Waals surface area contributed by atoms with Crippen molar-refractivity contribution < 1.29 is 16.8 Å². The van der Waals surface area contributed by atoms with Crippen LogP contribution in [0.2, 0.25) is 0 Å². The Bertz CT molecular complexity index is 265. The fourth-order valence-electron chi connectivity index (χ4n) is 1.32. The maximum absolute atomic E-state index is 2.34. The van der Waals surface area contributed by atoms with Gasteiger partial charge < -0.3 is 28.0 Å². The number of hydrogen-bond acceptors (Lipinski definition) is 0. The normalized spacial score (nSPS) is 19.9. The quantitative estimate of drug-likeness (QED) is 0.415. The SMILES string of the molecule is CC(C)(C)[C-]1P[C-](C(C)(C)C)P1.[Co].c1cc[cH-]c1. The fourth-order valence-corrected chi connectivity index (χ4v) is 4.45. The molecule has 1 radical (unpaired) electrons. The molecule has 1 aromatic carbocycles. The van der Waals surface area contributed by atoms with Crippen molar-refractivity contribution in [1.29, 1.82) is 0 Å². The van der Waals surface area contributed by atoms with Gasteiger partial charge in [-0.1, -0.05) is 41.5 Å². The molecule has 0 atom stereocenters. The molecule has 0 bridgehead atoms. The van der Waals surface area contributed by atoms with Gasteiger partial charge in [0.15, 0.2) is 0 Å². The molecule has 1 aromatic rings. The van der Waals surface area contributed by atoms with Crippen LogP contribution < -0.4 is 0 Å². The summed E-state index contributed by atoms with van der Waals surface area (Å²) in [6.45, 7) is 14.0. The molecule has 0 N–H and O–H groups in total. The zero-order valence-electron chi connectivity index (χ0n) is 12.2. The Hall–Kier alpha value is 0.716. The summed E-state index contributed by atoms with van der Waals surface area (Å²) >= 11 is 0. The van der Waals surface area contributed by atoms with E-state index in [4.69, 9.17) is 0 Å². The van der Waals surface area contributed by atoms with Crippen molar-refractivity contribution in [1.82, 2.24) is 0 Å². The van der Waals surface area contributed by atoms with Crippen LogP contribution in [-0.4, -0.2) is 0 Å². The summed E-state index contributed by atoms with van der Waals surface area (Å²) in [6, 6.07) is 10.0. The van der Waals surface area contributed by atoms with E-state index in [9.17, 15) is 0 Å². The van der Waals surface area contributed by atoms with Gasteiger partial charge in [0, 0.05) is 16.8 Å². The van der Waals surface area contributed by atoms with Crippen LogP contribution in [0.4, 0.5) is 0 Å². The molecule has 0 aliphatic carbocycles. The molecule has 0 saturated carbocycles. The van der Waals surface area contributed by atoms with Crippen molar-refractivity contribution in [3.63, 3.8) is 0 Å². The van der Waals surface area contributed by atoms with E-state index in [1.807, 2.05) is 30.3 Å². The predicted molar refractivity (Wildman–Crippen MR) is 84.1 cm³/mol. The molecule has 1 heterocycles. The van der Waals surface area contributed by atoms with E-state index in [0.717, 1.165) is 17.2 Å². The Morgan fingerprint density at radius 2 is 1.11 bits per heavy atom. The Kier molecular flexibility index (Phi) is 7.78. The van der Waals surface area contributed by atoms with Crippen LogP contribution >= 0.6 is 17.2 Å². The van der Waals surface area contributed by atoms with Gasteiger partial charge in [0.25, 0.3) is 0 Å². The summed E-state index contributed by atoms with van der Waals surface area (Å²) < 4.78 is 0. The molecular formula is C15H25CoP2-3. The molecule has 2 rings (SSSR count). The molecule has 0 spiro atoms. The van der Waals surface area contributed by atoms with Crippen LogP contribution in [-0.2, 0) is 16.8 Å². The van der Waals surface area contributed by atoms with Crippen LogP contribution in [0.15, 0.2) is 30.3 Å². The molecule has 1 saturated heterocycles. The van der Waals surface area contributed by atoms with E-state index in [0.29, 0.717) is 10.8 Å². The molecule has 0 unspecified atom stereocenters. The van der Waals surface area contributed by atoms with E-state index in [2.05, 4.69) is 41.5 Å². The zero-order chi connectivity index (χ0) is 13.1. The molecule has 18 heavy (non-hydrogen) atoms. The Labute approximate surface area is 127 Å². The minimum atomic E-state index is 0. The van der Waals surface area contributed by atoms with E-state index >= 15 is 0 Å². The first-order valence-corrected chi connectivity index (χ1v) is 8.17. The Morgan fingerprint density at radius 3 is 1.28 bits per heavy atom. The van der Waals surface area contributed by atoms with Gasteiger partial charge in [-0.15, -0.1) is 0 Å². The predicted octanol–water partition coefficient (Wildman–Crippen LogP) is 5.83. The standard InChI is InChI=1S/C10H20P2.C5H5.Co/c1-9(2,3)7-11-8(12-7)10(4,5)6;1-2-4-5-3-1;/h11-12H,1-6H3;1-5H;/q-2;-1;. The second kappa shape index (κ2) is 7.49. The van der Waals surface area contributed by atoms with Gasteiger partial charge in [0.1, 0.15) is 0 Å². The smallest absolute Gasteiger partial charge is 0 e. The van der Waals surface area contributed by atoms with Gasteiger partial charge in [-0.3, -0.25) is 0 Å². The van der Waals surface area contributed by atoms with Crippen molar-refractivity contribution in [2.45, 2.75) is 41.5 Å². The summed E-state index contributed by atoms with van der Waals surface area (Å²) in [5.41, 5.74) is 0.928. The molecular weight excluding hydrogens is 301 g/mol. The van der Waals surface area contributed by atoms with Crippen molar-refractivity contribution >= 4 is 17.2 Å². The third-order valence-electron chi connectivity index (χ3n) is 2.56. The Balaban J connectivity index is 0.000000405. The summed E-state index contributed by atoms with van der Waals surface area (Å²) in [5, 5.41) is 3.57. The molecule has 1 aliphatic rings. The summed E-state index contributed by atoms with van der Waals surface area (Å²) in [4.78, 5) is 0. The summed E-state index contributed by atoms with van der Waals surface area (Å²) in [7, 11) is 2.10. The van der Waals surface area contributed by atoms with Gasteiger partial charge in [-0.2, -0.15) is 29.0 Å². The number of rotatable bonds is 0. The van der Waals surface area contributed by atoms with E-state index in [1.165, 1.54) is 0 Å².